The van der Waals surface area contributed by atoms with Crippen molar-refractivity contribution in [2.75, 3.05) is 0 Å². The van der Waals surface area contributed by atoms with Gasteiger partial charge in [0.15, 0.2) is 0 Å². The third-order valence-corrected chi connectivity index (χ3v) is 1.81. The van der Waals surface area contributed by atoms with Crippen molar-refractivity contribution < 1.29 is 14.7 Å². The Kier molecular flexibility index (Phi) is 4.07. The summed E-state index contributed by atoms with van der Waals surface area (Å²) < 4.78 is 0. The molecule has 4 N–H and O–H groups in total. The molecule has 1 amide bonds. The highest BCUT2D eigenvalue weighted by Crippen LogP contribution is 2.19. The summed E-state index contributed by atoms with van der Waals surface area (Å²) in [6.45, 7) is 6.74. The van der Waals surface area contributed by atoms with E-state index in [0.29, 0.717) is 0 Å². The first-order valence-electron chi connectivity index (χ1n) is 4.45. The highest BCUT2D eigenvalue weighted by Gasteiger charge is 2.32. The Morgan fingerprint density at radius 1 is 1.36 bits per heavy atom. The Labute approximate surface area is 83.7 Å². The molecule has 0 bridgehead atoms. The topological polar surface area (TPSA) is 92.4 Å². The summed E-state index contributed by atoms with van der Waals surface area (Å²) in [5, 5.41) is 11.3. The van der Waals surface area contributed by atoms with Gasteiger partial charge in [0.1, 0.15) is 6.04 Å². The highest BCUT2D eigenvalue weighted by atomic mass is 16.4. The van der Waals surface area contributed by atoms with Crippen LogP contribution in [-0.4, -0.2) is 29.1 Å². The van der Waals surface area contributed by atoms with Crippen molar-refractivity contribution in [3.8, 4) is 0 Å². The van der Waals surface area contributed by atoms with Crippen molar-refractivity contribution in [3.63, 3.8) is 0 Å². The summed E-state index contributed by atoms with van der Waals surface area (Å²) in [7, 11) is 0. The molecule has 0 aliphatic heterocycles. The second-order valence-electron chi connectivity index (χ2n) is 4.43. The maximum atomic E-state index is 11.2. The largest absolute Gasteiger partial charge is 0.480 e. The minimum absolute atomic E-state index is 0.452. The second kappa shape index (κ2) is 4.41. The van der Waals surface area contributed by atoms with E-state index in [1.165, 1.54) is 6.92 Å². The molecule has 0 saturated heterocycles. The minimum atomic E-state index is -1.05. The third kappa shape index (κ3) is 3.74. The molecule has 0 aromatic carbocycles. The number of carbonyl (C=O) groups is 2. The van der Waals surface area contributed by atoms with E-state index in [4.69, 9.17) is 10.8 Å². The fourth-order valence-corrected chi connectivity index (χ4v) is 0.922. The van der Waals surface area contributed by atoms with Crippen molar-refractivity contribution in [2.24, 2.45) is 11.1 Å². The number of nitrogens with two attached hydrogens (primary N) is 1. The van der Waals surface area contributed by atoms with Gasteiger partial charge >= 0.3 is 5.97 Å². The lowest BCUT2D eigenvalue weighted by molar-refractivity contribution is -0.145. The van der Waals surface area contributed by atoms with E-state index in [1.807, 2.05) is 0 Å². The summed E-state index contributed by atoms with van der Waals surface area (Å²) in [5.74, 6) is -1.50. The molecule has 0 aliphatic rings. The number of rotatable bonds is 3. The Morgan fingerprint density at radius 3 is 2.00 bits per heavy atom. The molecular weight excluding hydrogens is 184 g/mol. The van der Waals surface area contributed by atoms with Crippen molar-refractivity contribution in [3.05, 3.63) is 0 Å². The second-order valence-corrected chi connectivity index (χ2v) is 4.43. The van der Waals surface area contributed by atoms with Gasteiger partial charge in [-0.2, -0.15) is 0 Å². The maximum absolute atomic E-state index is 11.2. The van der Waals surface area contributed by atoms with E-state index in [9.17, 15) is 9.59 Å². The van der Waals surface area contributed by atoms with Crippen molar-refractivity contribution >= 4 is 11.9 Å². The molecule has 82 valence electrons. The molecule has 0 aliphatic carbocycles. The van der Waals surface area contributed by atoms with Crippen LogP contribution in [0.1, 0.15) is 27.7 Å². The summed E-state index contributed by atoms with van der Waals surface area (Å²) >= 11 is 0. The molecule has 0 heterocycles. The van der Waals surface area contributed by atoms with E-state index >= 15 is 0 Å². The average molecular weight is 202 g/mol. The Morgan fingerprint density at radius 2 is 1.79 bits per heavy atom. The molecule has 0 aromatic heterocycles. The first-order chi connectivity index (χ1) is 6.16. The summed E-state index contributed by atoms with van der Waals surface area (Å²) in [4.78, 5) is 22.1. The van der Waals surface area contributed by atoms with E-state index < -0.39 is 29.4 Å². The highest BCUT2D eigenvalue weighted by molar-refractivity contribution is 5.86. The molecule has 0 unspecified atom stereocenters. The lowest BCUT2D eigenvalue weighted by Gasteiger charge is -2.28. The SMILES string of the molecule is C[C@H](N)C(=O)N[C@@H](C(=O)O)C(C)(C)C. The fourth-order valence-electron chi connectivity index (χ4n) is 0.922. The number of nitrogens with one attached hydrogen (secondary N) is 1. The maximum Gasteiger partial charge on any atom is 0.326 e. The standard InChI is InChI=1S/C9H18N2O3/c1-5(10)7(12)11-6(8(13)14)9(2,3)4/h5-6H,10H2,1-4H3,(H,11,12)(H,13,14)/t5-,6-/m0/s1. The Balaban J connectivity index is 4.56. The van der Waals surface area contributed by atoms with E-state index in [1.54, 1.807) is 20.8 Å². The van der Waals surface area contributed by atoms with Crippen LogP contribution in [0.25, 0.3) is 0 Å². The zero-order chi connectivity index (χ0) is 11.5. The van der Waals surface area contributed by atoms with E-state index in [2.05, 4.69) is 5.32 Å². The minimum Gasteiger partial charge on any atom is -0.480 e. The van der Waals surface area contributed by atoms with E-state index in [-0.39, 0.29) is 0 Å². The van der Waals surface area contributed by atoms with Crippen molar-refractivity contribution in [1.82, 2.24) is 5.32 Å². The predicted molar refractivity (Wildman–Crippen MR) is 52.7 cm³/mol. The molecule has 14 heavy (non-hydrogen) atoms. The van der Waals surface area contributed by atoms with Gasteiger partial charge < -0.3 is 16.2 Å². The summed E-state index contributed by atoms with van der Waals surface area (Å²) in [5.41, 5.74) is 4.79. The fraction of sp³-hybridized carbons (Fsp3) is 0.778. The zero-order valence-electron chi connectivity index (χ0n) is 9.00. The van der Waals surface area contributed by atoms with Gasteiger partial charge in [0.05, 0.1) is 6.04 Å². The molecule has 2 atom stereocenters. The molecule has 0 rings (SSSR count). The van der Waals surface area contributed by atoms with Crippen LogP contribution in [0.5, 0.6) is 0 Å². The number of aliphatic carboxylic acids is 1. The lowest BCUT2D eigenvalue weighted by atomic mass is 9.86. The van der Waals surface area contributed by atoms with Crippen LogP contribution in [0.4, 0.5) is 0 Å². The molecule has 0 spiro atoms. The molecule has 0 radical (unpaired) electrons. The lowest BCUT2D eigenvalue weighted by Crippen LogP contribution is -2.52. The predicted octanol–water partition coefficient (Wildman–Crippen LogP) is -0.0509. The molecule has 5 heteroatoms. The van der Waals surface area contributed by atoms with Crippen LogP contribution < -0.4 is 11.1 Å². The van der Waals surface area contributed by atoms with Gasteiger partial charge in [0.2, 0.25) is 5.91 Å². The number of carbonyl (C=O) groups excluding carboxylic acids is 1. The molecule has 5 nitrogen and oxygen atoms in total. The third-order valence-electron chi connectivity index (χ3n) is 1.81. The van der Waals surface area contributed by atoms with Gasteiger partial charge in [-0.25, -0.2) is 4.79 Å². The van der Waals surface area contributed by atoms with Gasteiger partial charge in [-0.1, -0.05) is 20.8 Å². The zero-order valence-corrected chi connectivity index (χ0v) is 9.00. The molecule has 0 saturated carbocycles. The summed E-state index contributed by atoms with van der Waals surface area (Å²) in [6, 6.07) is -1.61. The smallest absolute Gasteiger partial charge is 0.326 e. The molecule has 0 fully saturated rings. The van der Waals surface area contributed by atoms with Gasteiger partial charge in [-0.15, -0.1) is 0 Å². The monoisotopic (exact) mass is 202 g/mol. The quantitative estimate of drug-likeness (QED) is 0.598. The summed E-state index contributed by atoms with van der Waals surface area (Å²) in [6.07, 6.45) is 0. The van der Waals surface area contributed by atoms with Crippen LogP contribution in [-0.2, 0) is 9.59 Å². The van der Waals surface area contributed by atoms with Gasteiger partial charge in [-0.05, 0) is 12.3 Å². The molecule has 0 aromatic rings. The Bertz CT molecular complexity index is 231. The Hall–Kier alpha value is -1.10. The first kappa shape index (κ1) is 12.9. The molecular formula is C9H18N2O3. The van der Waals surface area contributed by atoms with Crippen LogP contribution in [0, 0.1) is 5.41 Å². The van der Waals surface area contributed by atoms with Gasteiger partial charge in [0, 0.05) is 0 Å². The number of amides is 1. The van der Waals surface area contributed by atoms with Crippen LogP contribution in [0.15, 0.2) is 0 Å². The van der Waals surface area contributed by atoms with Crippen molar-refractivity contribution in [1.29, 1.82) is 0 Å². The van der Waals surface area contributed by atoms with Crippen molar-refractivity contribution in [2.45, 2.75) is 39.8 Å². The average Bonchev–Trinajstić information content (AvgIpc) is 1.96. The van der Waals surface area contributed by atoms with Crippen LogP contribution >= 0.6 is 0 Å². The number of hydrogen-bond acceptors (Lipinski definition) is 3. The number of carboxylic acids is 1. The first-order valence-corrected chi connectivity index (χ1v) is 4.45. The number of carboxylic acid groups (broad SMARTS) is 1. The van der Waals surface area contributed by atoms with Gasteiger partial charge in [0.25, 0.3) is 0 Å². The van der Waals surface area contributed by atoms with Crippen LogP contribution in [0.2, 0.25) is 0 Å². The van der Waals surface area contributed by atoms with Crippen LogP contribution in [0.3, 0.4) is 0 Å². The van der Waals surface area contributed by atoms with Gasteiger partial charge in [-0.3, -0.25) is 4.79 Å². The van der Waals surface area contributed by atoms with E-state index in [0.717, 1.165) is 0 Å². The number of hydrogen-bond donors (Lipinski definition) is 3. The normalized spacial score (nSPS) is 15.8.